The first-order chi connectivity index (χ1) is 12.3. The Labute approximate surface area is 152 Å². The van der Waals surface area contributed by atoms with Crippen LogP contribution in [0.15, 0.2) is 30.4 Å². The second-order valence-electron chi connectivity index (χ2n) is 5.93. The molecule has 0 atom stereocenters. The van der Waals surface area contributed by atoms with Crippen LogP contribution in [0, 0.1) is 12.3 Å². The predicted molar refractivity (Wildman–Crippen MR) is 95.5 cm³/mol. The molecule has 0 radical (unpaired) electrons. The number of esters is 2. The molecular weight excluding hydrogens is 336 g/mol. The Balaban J connectivity index is 2.48. The fourth-order valence-corrected chi connectivity index (χ4v) is 2.45. The highest BCUT2D eigenvalue weighted by atomic mass is 16.7. The normalized spacial score (nSPS) is 15.4. The van der Waals surface area contributed by atoms with Crippen LogP contribution in [0.2, 0.25) is 0 Å². The molecule has 1 saturated heterocycles. The highest BCUT2D eigenvalue weighted by Gasteiger charge is 2.38. The number of ether oxygens (including phenoxy) is 4. The molecule has 2 rings (SSSR count). The van der Waals surface area contributed by atoms with Crippen molar-refractivity contribution >= 4 is 18.0 Å². The first-order valence-corrected chi connectivity index (χ1v) is 7.87. The number of carbonyl (C=O) groups is 2. The van der Waals surface area contributed by atoms with Crippen LogP contribution in [0.5, 0.6) is 11.5 Å². The molecule has 0 unspecified atom stereocenters. The van der Waals surface area contributed by atoms with Crippen molar-refractivity contribution in [3.63, 3.8) is 0 Å². The average Bonchev–Trinajstić information content (AvgIpc) is 2.56. The van der Waals surface area contributed by atoms with Gasteiger partial charge in [-0.05, 0) is 30.2 Å². The molecule has 0 spiro atoms. The molecule has 1 aromatic carbocycles. The molecular formula is C20H20O6. The van der Waals surface area contributed by atoms with Crippen molar-refractivity contribution in [2.75, 3.05) is 13.7 Å². The minimum absolute atomic E-state index is 0.0780. The summed E-state index contributed by atoms with van der Waals surface area (Å²) in [7, 11) is 1.48. The van der Waals surface area contributed by atoms with Gasteiger partial charge in [-0.3, -0.25) is 0 Å². The molecule has 0 saturated carbocycles. The van der Waals surface area contributed by atoms with Crippen molar-refractivity contribution in [3.05, 3.63) is 41.5 Å². The van der Waals surface area contributed by atoms with E-state index in [0.717, 1.165) is 5.56 Å². The van der Waals surface area contributed by atoms with Gasteiger partial charge in [0.25, 0.3) is 5.79 Å². The van der Waals surface area contributed by atoms with Gasteiger partial charge in [-0.15, -0.1) is 13.0 Å². The first kappa shape index (κ1) is 19.1. The van der Waals surface area contributed by atoms with Gasteiger partial charge >= 0.3 is 11.9 Å². The molecule has 0 bridgehead atoms. The van der Waals surface area contributed by atoms with Gasteiger partial charge in [0, 0.05) is 19.4 Å². The topological polar surface area (TPSA) is 71.1 Å². The maximum Gasteiger partial charge on any atom is 0.348 e. The van der Waals surface area contributed by atoms with Crippen molar-refractivity contribution in [2.24, 2.45) is 0 Å². The van der Waals surface area contributed by atoms with Gasteiger partial charge in [-0.1, -0.05) is 12.0 Å². The number of rotatable bonds is 6. The minimum Gasteiger partial charge on any atom is -0.493 e. The molecule has 136 valence electrons. The molecule has 1 fully saturated rings. The Morgan fingerprint density at radius 1 is 1.27 bits per heavy atom. The van der Waals surface area contributed by atoms with Gasteiger partial charge < -0.3 is 18.9 Å². The standard InChI is InChI=1S/C20H20O6/c1-6-8-14-10-13(12-16(23-5)17(14)24-9-7-2)11-15-18(21)25-20(3,4)26-19(15)22/h2,6,10-12H,1,8-9H2,3-5H3. The number of hydrogen-bond donors (Lipinski definition) is 0. The van der Waals surface area contributed by atoms with Crippen molar-refractivity contribution in [2.45, 2.75) is 26.1 Å². The van der Waals surface area contributed by atoms with Crippen LogP contribution in [0.3, 0.4) is 0 Å². The molecule has 6 heteroatoms. The summed E-state index contributed by atoms with van der Waals surface area (Å²) in [6.07, 6.45) is 8.81. The summed E-state index contributed by atoms with van der Waals surface area (Å²) in [6.45, 7) is 6.77. The SMILES string of the molecule is C#CCOc1c(CC=C)cc(C=C2C(=O)OC(C)(C)OC2=O)cc1OC. The molecule has 1 aliphatic rings. The van der Waals surface area contributed by atoms with E-state index in [1.807, 2.05) is 0 Å². The monoisotopic (exact) mass is 356 g/mol. The van der Waals surface area contributed by atoms with E-state index < -0.39 is 17.7 Å². The second-order valence-corrected chi connectivity index (χ2v) is 5.93. The molecule has 0 N–H and O–H groups in total. The summed E-state index contributed by atoms with van der Waals surface area (Å²) in [6, 6.07) is 3.38. The largest absolute Gasteiger partial charge is 0.493 e. The van der Waals surface area contributed by atoms with Crippen molar-refractivity contribution in [3.8, 4) is 23.8 Å². The van der Waals surface area contributed by atoms with Gasteiger partial charge in [0.15, 0.2) is 11.5 Å². The summed E-state index contributed by atoms with van der Waals surface area (Å²) < 4.78 is 21.1. The molecule has 26 heavy (non-hydrogen) atoms. The predicted octanol–water partition coefficient (Wildman–Crippen LogP) is 2.66. The lowest BCUT2D eigenvalue weighted by molar-refractivity contribution is -0.222. The lowest BCUT2D eigenvalue weighted by Gasteiger charge is -2.29. The van der Waals surface area contributed by atoms with Gasteiger partial charge in [-0.2, -0.15) is 0 Å². The van der Waals surface area contributed by atoms with E-state index in [0.29, 0.717) is 23.5 Å². The Morgan fingerprint density at radius 2 is 1.92 bits per heavy atom. The summed E-state index contributed by atoms with van der Waals surface area (Å²) in [5.41, 5.74) is 1.10. The molecule has 0 aliphatic carbocycles. The maximum atomic E-state index is 12.1. The third-order valence-corrected chi connectivity index (χ3v) is 3.47. The third-order valence-electron chi connectivity index (χ3n) is 3.47. The van der Waals surface area contributed by atoms with Crippen LogP contribution >= 0.6 is 0 Å². The zero-order chi connectivity index (χ0) is 19.3. The molecule has 0 amide bonds. The fourth-order valence-electron chi connectivity index (χ4n) is 2.45. The number of carbonyl (C=O) groups excluding carboxylic acids is 2. The van der Waals surface area contributed by atoms with E-state index in [-0.39, 0.29) is 12.2 Å². The van der Waals surface area contributed by atoms with E-state index in [1.54, 1.807) is 18.2 Å². The van der Waals surface area contributed by atoms with E-state index >= 15 is 0 Å². The van der Waals surface area contributed by atoms with Gasteiger partial charge in [0.05, 0.1) is 7.11 Å². The fraction of sp³-hybridized carbons (Fsp3) is 0.300. The van der Waals surface area contributed by atoms with Crippen LogP contribution in [0.4, 0.5) is 0 Å². The van der Waals surface area contributed by atoms with E-state index in [1.165, 1.54) is 27.0 Å². The van der Waals surface area contributed by atoms with Gasteiger partial charge in [-0.25, -0.2) is 9.59 Å². The van der Waals surface area contributed by atoms with Crippen molar-refractivity contribution < 1.29 is 28.5 Å². The number of terminal acetylenes is 1. The molecule has 1 aromatic rings. The van der Waals surface area contributed by atoms with E-state index in [2.05, 4.69) is 12.5 Å². The van der Waals surface area contributed by atoms with E-state index in [9.17, 15) is 9.59 Å². The second kappa shape index (κ2) is 7.79. The van der Waals surface area contributed by atoms with Crippen molar-refractivity contribution in [1.29, 1.82) is 0 Å². The van der Waals surface area contributed by atoms with Gasteiger partial charge in [0.1, 0.15) is 12.2 Å². The molecule has 1 heterocycles. The van der Waals surface area contributed by atoms with Crippen LogP contribution in [-0.2, 0) is 25.5 Å². The van der Waals surface area contributed by atoms with Crippen LogP contribution in [-0.4, -0.2) is 31.4 Å². The maximum absolute atomic E-state index is 12.1. The Hall–Kier alpha value is -3.20. The summed E-state index contributed by atoms with van der Waals surface area (Å²) >= 11 is 0. The Bertz CT molecular complexity index is 788. The number of allylic oxidation sites excluding steroid dienone is 1. The molecule has 1 aliphatic heterocycles. The number of cyclic esters (lactones) is 2. The molecule has 6 nitrogen and oxygen atoms in total. The lowest BCUT2D eigenvalue weighted by Crippen LogP contribution is -2.41. The average molecular weight is 356 g/mol. The highest BCUT2D eigenvalue weighted by Crippen LogP contribution is 2.35. The zero-order valence-electron chi connectivity index (χ0n) is 15.0. The summed E-state index contributed by atoms with van der Waals surface area (Å²) in [5, 5.41) is 0. The quantitative estimate of drug-likeness (QED) is 0.257. The summed E-state index contributed by atoms with van der Waals surface area (Å²) in [5.74, 6) is 0.526. The molecule has 0 aromatic heterocycles. The lowest BCUT2D eigenvalue weighted by atomic mass is 10.0. The minimum atomic E-state index is -1.29. The Kier molecular flexibility index (Phi) is 5.73. The van der Waals surface area contributed by atoms with Crippen LogP contribution in [0.25, 0.3) is 6.08 Å². The Morgan fingerprint density at radius 3 is 2.46 bits per heavy atom. The highest BCUT2D eigenvalue weighted by molar-refractivity contribution is 6.18. The summed E-state index contributed by atoms with van der Waals surface area (Å²) in [4.78, 5) is 24.2. The smallest absolute Gasteiger partial charge is 0.348 e. The first-order valence-electron chi connectivity index (χ1n) is 7.87. The van der Waals surface area contributed by atoms with Gasteiger partial charge in [0.2, 0.25) is 0 Å². The van der Waals surface area contributed by atoms with E-state index in [4.69, 9.17) is 25.4 Å². The van der Waals surface area contributed by atoms with Crippen LogP contribution < -0.4 is 9.47 Å². The number of methoxy groups -OCH3 is 1. The number of hydrogen-bond acceptors (Lipinski definition) is 6. The van der Waals surface area contributed by atoms with Crippen molar-refractivity contribution in [1.82, 2.24) is 0 Å². The zero-order valence-corrected chi connectivity index (χ0v) is 15.0. The number of benzene rings is 1. The third kappa shape index (κ3) is 4.25. The van der Waals surface area contributed by atoms with Crippen LogP contribution in [0.1, 0.15) is 25.0 Å².